The van der Waals surface area contributed by atoms with Crippen LogP contribution >= 0.6 is 11.6 Å². The second-order valence-electron chi connectivity index (χ2n) is 5.83. The number of nitrogens with one attached hydrogen (secondary N) is 1. The molecule has 1 aromatic rings. The molecule has 0 fully saturated rings. The van der Waals surface area contributed by atoms with Crippen molar-refractivity contribution in [3.8, 4) is 0 Å². The second-order valence-corrected chi connectivity index (χ2v) is 6.27. The average molecular weight is 278 g/mol. The molecule has 1 aromatic carbocycles. The topological polar surface area (TPSA) is 12.0 Å². The predicted molar refractivity (Wildman–Crippen MR) is 83.5 cm³/mol. The molecule has 0 amide bonds. The quantitative estimate of drug-likeness (QED) is 0.748. The van der Waals surface area contributed by atoms with Gasteiger partial charge in [-0.2, -0.15) is 0 Å². The van der Waals surface area contributed by atoms with Crippen molar-refractivity contribution in [3.63, 3.8) is 0 Å². The molecule has 1 N–H and O–H groups in total. The van der Waals surface area contributed by atoms with Crippen molar-refractivity contribution in [2.45, 2.75) is 39.2 Å². The third kappa shape index (κ3) is 4.36. The highest BCUT2D eigenvalue weighted by atomic mass is 35.5. The van der Waals surface area contributed by atoms with Crippen molar-refractivity contribution >= 4 is 11.6 Å². The molecular weight excluding hydrogens is 254 g/mol. The molecule has 0 saturated heterocycles. The number of allylic oxidation sites excluding steroid dienone is 2. The Balaban J connectivity index is 1.96. The Hall–Kier alpha value is -0.790. The van der Waals surface area contributed by atoms with E-state index in [2.05, 4.69) is 43.4 Å². The lowest BCUT2D eigenvalue weighted by Gasteiger charge is -2.26. The van der Waals surface area contributed by atoms with Gasteiger partial charge in [-0.05, 0) is 55.3 Å². The normalized spacial score (nSPS) is 20.7. The van der Waals surface area contributed by atoms with E-state index in [1.54, 1.807) is 0 Å². The minimum absolute atomic E-state index is 0.420. The van der Waals surface area contributed by atoms with E-state index in [0.29, 0.717) is 12.0 Å². The molecule has 0 bridgehead atoms. The second kappa shape index (κ2) is 7.12. The monoisotopic (exact) mass is 277 g/mol. The summed E-state index contributed by atoms with van der Waals surface area (Å²) in [5.74, 6) is 1.37. The summed E-state index contributed by atoms with van der Waals surface area (Å²) in [5.41, 5.74) is 1.34. The largest absolute Gasteiger partial charge is 0.309 e. The zero-order valence-electron chi connectivity index (χ0n) is 11.9. The lowest BCUT2D eigenvalue weighted by atomic mass is 9.92. The third-order valence-electron chi connectivity index (χ3n) is 3.90. The summed E-state index contributed by atoms with van der Waals surface area (Å²) < 4.78 is 0. The highest BCUT2D eigenvalue weighted by molar-refractivity contribution is 6.30. The molecule has 1 nitrogen and oxygen atoms in total. The van der Waals surface area contributed by atoms with Crippen molar-refractivity contribution < 1.29 is 0 Å². The van der Waals surface area contributed by atoms with E-state index in [1.165, 1.54) is 24.8 Å². The first-order chi connectivity index (χ1) is 9.16. The number of halogens is 1. The number of benzene rings is 1. The smallest absolute Gasteiger partial charge is 0.0406 e. The highest BCUT2D eigenvalue weighted by Crippen LogP contribution is 2.25. The molecule has 0 aromatic heterocycles. The third-order valence-corrected chi connectivity index (χ3v) is 4.15. The summed E-state index contributed by atoms with van der Waals surface area (Å²) in [7, 11) is 0. The maximum absolute atomic E-state index is 5.97. The molecule has 1 aliphatic rings. The van der Waals surface area contributed by atoms with Gasteiger partial charge in [0.1, 0.15) is 0 Å². The number of hydrogen-bond acceptors (Lipinski definition) is 1. The molecule has 0 saturated carbocycles. The molecule has 19 heavy (non-hydrogen) atoms. The fraction of sp³-hybridized carbons (Fsp3) is 0.529. The van der Waals surface area contributed by atoms with E-state index < -0.39 is 0 Å². The van der Waals surface area contributed by atoms with Gasteiger partial charge < -0.3 is 5.32 Å². The van der Waals surface area contributed by atoms with Crippen LogP contribution in [0.1, 0.15) is 44.7 Å². The molecule has 2 unspecified atom stereocenters. The maximum atomic E-state index is 5.97. The van der Waals surface area contributed by atoms with Gasteiger partial charge in [-0.25, -0.2) is 0 Å². The Kier molecular flexibility index (Phi) is 5.47. The zero-order chi connectivity index (χ0) is 13.7. The van der Waals surface area contributed by atoms with Gasteiger partial charge in [-0.1, -0.05) is 49.7 Å². The Morgan fingerprint density at radius 3 is 2.53 bits per heavy atom. The first-order valence-electron chi connectivity index (χ1n) is 7.30. The van der Waals surface area contributed by atoms with Gasteiger partial charge in [-0.3, -0.25) is 0 Å². The van der Waals surface area contributed by atoms with Crippen molar-refractivity contribution in [1.82, 2.24) is 5.32 Å². The van der Waals surface area contributed by atoms with Crippen LogP contribution in [0.2, 0.25) is 5.02 Å². The van der Waals surface area contributed by atoms with Crippen molar-refractivity contribution in [3.05, 3.63) is 47.0 Å². The number of rotatable bonds is 5. The summed E-state index contributed by atoms with van der Waals surface area (Å²) in [4.78, 5) is 0. The molecule has 0 spiro atoms. The highest BCUT2D eigenvalue weighted by Gasteiger charge is 2.17. The summed E-state index contributed by atoms with van der Waals surface area (Å²) >= 11 is 5.97. The lowest BCUT2D eigenvalue weighted by molar-refractivity contribution is 0.356. The Morgan fingerprint density at radius 2 is 1.95 bits per heavy atom. The van der Waals surface area contributed by atoms with Gasteiger partial charge in [0.2, 0.25) is 0 Å². The molecule has 2 atom stereocenters. The Bertz CT molecular complexity index is 408. The van der Waals surface area contributed by atoms with Crippen LogP contribution in [0.25, 0.3) is 0 Å². The van der Waals surface area contributed by atoms with Gasteiger partial charge in [0.25, 0.3) is 0 Å². The van der Waals surface area contributed by atoms with Crippen molar-refractivity contribution in [2.75, 3.05) is 6.54 Å². The van der Waals surface area contributed by atoms with Crippen LogP contribution in [0, 0.1) is 11.8 Å². The van der Waals surface area contributed by atoms with E-state index in [4.69, 9.17) is 11.6 Å². The van der Waals surface area contributed by atoms with Crippen LogP contribution in [0.15, 0.2) is 36.4 Å². The molecule has 2 rings (SSSR count). The van der Waals surface area contributed by atoms with Crippen LogP contribution in [0.5, 0.6) is 0 Å². The zero-order valence-corrected chi connectivity index (χ0v) is 12.7. The lowest BCUT2D eigenvalue weighted by Crippen LogP contribution is -2.30. The van der Waals surface area contributed by atoms with E-state index in [1.807, 2.05) is 12.1 Å². The molecule has 1 aliphatic carbocycles. The van der Waals surface area contributed by atoms with E-state index in [9.17, 15) is 0 Å². The van der Waals surface area contributed by atoms with Gasteiger partial charge in [0.15, 0.2) is 0 Å². The fourth-order valence-electron chi connectivity index (χ4n) is 2.74. The van der Waals surface area contributed by atoms with Crippen LogP contribution < -0.4 is 5.32 Å². The van der Waals surface area contributed by atoms with Gasteiger partial charge >= 0.3 is 0 Å². The Labute approximate surface area is 122 Å². The first kappa shape index (κ1) is 14.6. The van der Waals surface area contributed by atoms with Crippen molar-refractivity contribution in [1.29, 1.82) is 0 Å². The summed E-state index contributed by atoms with van der Waals surface area (Å²) in [6, 6.07) is 8.67. The molecule has 104 valence electrons. The van der Waals surface area contributed by atoms with Crippen LogP contribution in [-0.2, 0) is 0 Å². The molecule has 2 heteroatoms. The van der Waals surface area contributed by atoms with Crippen molar-refractivity contribution in [2.24, 2.45) is 11.8 Å². The SMILES string of the molecule is CC(C)C(NCC1CC=CCC1)c1ccc(Cl)cc1. The van der Waals surface area contributed by atoms with Crippen LogP contribution in [-0.4, -0.2) is 6.54 Å². The standard InChI is InChI=1S/C17H24ClN/c1-13(2)17(15-8-10-16(18)11-9-15)19-12-14-6-4-3-5-7-14/h3-4,8-11,13-14,17,19H,5-7,12H2,1-2H3. The predicted octanol–water partition coefficient (Wildman–Crippen LogP) is 4.98. The fourth-order valence-corrected chi connectivity index (χ4v) is 2.87. The molecular formula is C17H24ClN. The maximum Gasteiger partial charge on any atom is 0.0406 e. The summed E-state index contributed by atoms with van der Waals surface area (Å²) in [6.07, 6.45) is 8.39. The van der Waals surface area contributed by atoms with Crippen LogP contribution in [0.4, 0.5) is 0 Å². The average Bonchev–Trinajstić information content (AvgIpc) is 2.42. The van der Waals surface area contributed by atoms with Crippen LogP contribution in [0.3, 0.4) is 0 Å². The molecule has 0 radical (unpaired) electrons. The van der Waals surface area contributed by atoms with E-state index >= 15 is 0 Å². The minimum atomic E-state index is 0.420. The molecule has 0 heterocycles. The minimum Gasteiger partial charge on any atom is -0.309 e. The van der Waals surface area contributed by atoms with E-state index in [-0.39, 0.29) is 0 Å². The number of hydrogen-bond donors (Lipinski definition) is 1. The van der Waals surface area contributed by atoms with Gasteiger partial charge in [0, 0.05) is 11.1 Å². The summed E-state index contributed by atoms with van der Waals surface area (Å²) in [6.45, 7) is 5.65. The summed E-state index contributed by atoms with van der Waals surface area (Å²) in [5, 5.41) is 4.56. The van der Waals surface area contributed by atoms with Gasteiger partial charge in [-0.15, -0.1) is 0 Å². The first-order valence-corrected chi connectivity index (χ1v) is 7.68. The van der Waals surface area contributed by atoms with E-state index in [0.717, 1.165) is 17.5 Å². The molecule has 0 aliphatic heterocycles. The Morgan fingerprint density at radius 1 is 1.21 bits per heavy atom. The van der Waals surface area contributed by atoms with Gasteiger partial charge in [0.05, 0.1) is 0 Å².